The summed E-state index contributed by atoms with van der Waals surface area (Å²) in [5.41, 5.74) is 0. The number of amides is 1. The smallest absolute Gasteiger partial charge is 0.250 e. The van der Waals surface area contributed by atoms with E-state index in [0.29, 0.717) is 25.6 Å². The van der Waals surface area contributed by atoms with E-state index < -0.39 is 12.2 Å². The van der Waals surface area contributed by atoms with E-state index in [2.05, 4.69) is 10.6 Å². The van der Waals surface area contributed by atoms with E-state index in [-0.39, 0.29) is 5.91 Å². The predicted octanol–water partition coefficient (Wildman–Crippen LogP) is 0.0322. The average molecular weight is 256 g/mol. The van der Waals surface area contributed by atoms with Crippen LogP contribution in [0.3, 0.4) is 0 Å². The van der Waals surface area contributed by atoms with Crippen molar-refractivity contribution in [3.63, 3.8) is 0 Å². The van der Waals surface area contributed by atoms with Gasteiger partial charge in [-0.05, 0) is 18.8 Å². The molecule has 2 rings (SSSR count). The number of hydrogen-bond donors (Lipinski definition) is 3. The average Bonchev–Trinajstić information content (AvgIpc) is 2.46. The Morgan fingerprint density at radius 3 is 2.83 bits per heavy atom. The predicted molar refractivity (Wildman–Crippen MR) is 68.2 cm³/mol. The molecule has 2 unspecified atom stereocenters. The van der Waals surface area contributed by atoms with Crippen LogP contribution in [0.1, 0.15) is 32.1 Å². The number of ether oxygens (including phenoxy) is 1. The van der Waals surface area contributed by atoms with Crippen molar-refractivity contribution in [3.8, 4) is 0 Å². The fraction of sp³-hybridized carbons (Fsp3) is 0.923. The third-order valence-electron chi connectivity index (χ3n) is 3.90. The van der Waals surface area contributed by atoms with E-state index in [4.69, 9.17) is 4.74 Å². The highest BCUT2D eigenvalue weighted by Gasteiger charge is 2.25. The highest BCUT2D eigenvalue weighted by atomic mass is 16.5. The standard InChI is InChI=1S/C13H24N2O3/c16-11(10-4-2-1-3-5-10)8-15-13(17)12-9-14-6-7-18-12/h10-12,14,16H,1-9H2,(H,15,17). The number of hydrogen-bond acceptors (Lipinski definition) is 4. The van der Waals surface area contributed by atoms with Gasteiger partial charge in [0.05, 0.1) is 12.7 Å². The molecule has 3 N–H and O–H groups in total. The molecule has 2 fully saturated rings. The summed E-state index contributed by atoms with van der Waals surface area (Å²) in [6.07, 6.45) is 5.02. The Kier molecular flexibility index (Phi) is 5.41. The summed E-state index contributed by atoms with van der Waals surface area (Å²) in [6.45, 7) is 2.28. The summed E-state index contributed by atoms with van der Waals surface area (Å²) in [5.74, 6) is 0.238. The second-order valence-corrected chi connectivity index (χ2v) is 5.27. The van der Waals surface area contributed by atoms with Crippen LogP contribution in [-0.4, -0.2) is 49.5 Å². The zero-order chi connectivity index (χ0) is 12.8. The van der Waals surface area contributed by atoms with Crippen LogP contribution in [0.15, 0.2) is 0 Å². The molecule has 18 heavy (non-hydrogen) atoms. The van der Waals surface area contributed by atoms with Gasteiger partial charge in [-0.3, -0.25) is 4.79 Å². The molecule has 0 spiro atoms. The van der Waals surface area contributed by atoms with Gasteiger partial charge in [0.1, 0.15) is 6.10 Å². The molecular weight excluding hydrogens is 232 g/mol. The fourth-order valence-electron chi connectivity index (χ4n) is 2.74. The quantitative estimate of drug-likeness (QED) is 0.664. The molecule has 5 heteroatoms. The van der Waals surface area contributed by atoms with Gasteiger partial charge in [-0.25, -0.2) is 0 Å². The van der Waals surface area contributed by atoms with Crippen LogP contribution in [0.4, 0.5) is 0 Å². The summed E-state index contributed by atoms with van der Waals surface area (Å²) in [6, 6.07) is 0. The van der Waals surface area contributed by atoms with Crippen LogP contribution in [0.2, 0.25) is 0 Å². The third kappa shape index (κ3) is 3.93. The van der Waals surface area contributed by atoms with Crippen LogP contribution in [-0.2, 0) is 9.53 Å². The summed E-state index contributed by atoms with van der Waals surface area (Å²) < 4.78 is 5.36. The van der Waals surface area contributed by atoms with Crippen molar-refractivity contribution in [1.82, 2.24) is 10.6 Å². The first-order chi connectivity index (χ1) is 8.77. The maximum atomic E-state index is 11.8. The van der Waals surface area contributed by atoms with Crippen LogP contribution in [0.25, 0.3) is 0 Å². The van der Waals surface area contributed by atoms with E-state index in [1.54, 1.807) is 0 Å². The Hall–Kier alpha value is -0.650. The molecule has 0 radical (unpaired) electrons. The summed E-state index contributed by atoms with van der Waals surface area (Å²) in [5, 5.41) is 16.0. The molecule has 0 aromatic carbocycles. The number of morpholine rings is 1. The maximum absolute atomic E-state index is 11.8. The molecular formula is C13H24N2O3. The van der Waals surface area contributed by atoms with Gasteiger partial charge in [0.2, 0.25) is 0 Å². The van der Waals surface area contributed by atoms with Crippen molar-refractivity contribution in [2.75, 3.05) is 26.2 Å². The van der Waals surface area contributed by atoms with E-state index in [1.807, 2.05) is 0 Å². The van der Waals surface area contributed by atoms with Crippen molar-refractivity contribution in [2.45, 2.75) is 44.3 Å². The van der Waals surface area contributed by atoms with Crippen molar-refractivity contribution in [3.05, 3.63) is 0 Å². The molecule has 1 aliphatic carbocycles. The number of carbonyl (C=O) groups excluding carboxylic acids is 1. The zero-order valence-corrected chi connectivity index (χ0v) is 10.9. The van der Waals surface area contributed by atoms with Gasteiger partial charge in [0, 0.05) is 19.6 Å². The molecule has 0 aromatic rings. The lowest BCUT2D eigenvalue weighted by molar-refractivity contribution is -0.134. The molecule has 1 saturated carbocycles. The molecule has 1 amide bonds. The maximum Gasteiger partial charge on any atom is 0.250 e. The Morgan fingerprint density at radius 1 is 1.39 bits per heavy atom. The minimum atomic E-state index is -0.411. The molecule has 1 aliphatic heterocycles. The van der Waals surface area contributed by atoms with Crippen LogP contribution >= 0.6 is 0 Å². The second kappa shape index (κ2) is 7.07. The molecule has 104 valence electrons. The Labute approximate surface area is 108 Å². The lowest BCUT2D eigenvalue weighted by atomic mass is 9.85. The summed E-state index contributed by atoms with van der Waals surface area (Å²) >= 11 is 0. The zero-order valence-electron chi connectivity index (χ0n) is 10.9. The lowest BCUT2D eigenvalue weighted by Crippen LogP contribution is -2.49. The molecule has 1 saturated heterocycles. The number of rotatable bonds is 4. The van der Waals surface area contributed by atoms with Crippen LogP contribution in [0.5, 0.6) is 0 Å². The number of aliphatic hydroxyl groups is 1. The SMILES string of the molecule is O=C(NCC(O)C1CCCCC1)C1CNCCO1. The molecule has 0 bridgehead atoms. The van der Waals surface area contributed by atoms with Crippen molar-refractivity contribution >= 4 is 5.91 Å². The summed E-state index contributed by atoms with van der Waals surface area (Å²) in [4.78, 5) is 11.8. The van der Waals surface area contributed by atoms with Crippen LogP contribution in [0, 0.1) is 5.92 Å². The molecule has 0 aromatic heterocycles. The molecule has 2 aliphatic rings. The number of aliphatic hydroxyl groups excluding tert-OH is 1. The highest BCUT2D eigenvalue weighted by molar-refractivity contribution is 5.81. The van der Waals surface area contributed by atoms with Gasteiger partial charge < -0.3 is 20.5 Å². The minimum Gasteiger partial charge on any atom is -0.391 e. The van der Waals surface area contributed by atoms with Gasteiger partial charge in [-0.15, -0.1) is 0 Å². The normalized spacial score (nSPS) is 27.7. The minimum absolute atomic E-state index is 0.114. The largest absolute Gasteiger partial charge is 0.391 e. The van der Waals surface area contributed by atoms with Gasteiger partial charge in [-0.1, -0.05) is 19.3 Å². The number of nitrogens with one attached hydrogen (secondary N) is 2. The first kappa shape index (κ1) is 13.8. The van der Waals surface area contributed by atoms with Crippen LogP contribution < -0.4 is 10.6 Å². The fourth-order valence-corrected chi connectivity index (χ4v) is 2.74. The van der Waals surface area contributed by atoms with E-state index in [1.165, 1.54) is 19.3 Å². The monoisotopic (exact) mass is 256 g/mol. The van der Waals surface area contributed by atoms with Crippen molar-refractivity contribution < 1.29 is 14.6 Å². The third-order valence-corrected chi connectivity index (χ3v) is 3.90. The Bertz CT molecular complexity index is 261. The first-order valence-corrected chi connectivity index (χ1v) is 7.05. The lowest BCUT2D eigenvalue weighted by Gasteiger charge is -2.28. The van der Waals surface area contributed by atoms with Crippen molar-refractivity contribution in [2.24, 2.45) is 5.92 Å². The van der Waals surface area contributed by atoms with Gasteiger partial charge in [-0.2, -0.15) is 0 Å². The van der Waals surface area contributed by atoms with E-state index in [9.17, 15) is 9.90 Å². The topological polar surface area (TPSA) is 70.6 Å². The second-order valence-electron chi connectivity index (χ2n) is 5.27. The van der Waals surface area contributed by atoms with Gasteiger partial charge in [0.15, 0.2) is 0 Å². The molecule has 1 heterocycles. The van der Waals surface area contributed by atoms with E-state index in [0.717, 1.165) is 19.4 Å². The Balaban J connectivity index is 1.67. The van der Waals surface area contributed by atoms with Gasteiger partial charge in [0.25, 0.3) is 5.91 Å². The molecule has 2 atom stereocenters. The highest BCUT2D eigenvalue weighted by Crippen LogP contribution is 2.26. The first-order valence-electron chi connectivity index (χ1n) is 7.05. The molecule has 5 nitrogen and oxygen atoms in total. The number of carbonyl (C=O) groups is 1. The van der Waals surface area contributed by atoms with E-state index >= 15 is 0 Å². The van der Waals surface area contributed by atoms with Crippen molar-refractivity contribution in [1.29, 1.82) is 0 Å². The Morgan fingerprint density at radius 2 is 2.17 bits per heavy atom. The van der Waals surface area contributed by atoms with Gasteiger partial charge >= 0.3 is 0 Å². The summed E-state index contributed by atoms with van der Waals surface area (Å²) in [7, 11) is 0.